The van der Waals surface area contributed by atoms with Crippen molar-refractivity contribution in [3.8, 4) is 0 Å². The third kappa shape index (κ3) is 2.40. The second-order valence-electron chi connectivity index (χ2n) is 7.80. The summed E-state index contributed by atoms with van der Waals surface area (Å²) in [4.78, 5) is 26.8. The number of amides is 1. The minimum absolute atomic E-state index is 0.272. The average molecular weight is 365 g/mol. The zero-order valence-corrected chi connectivity index (χ0v) is 15.7. The summed E-state index contributed by atoms with van der Waals surface area (Å²) < 4.78 is 0. The van der Waals surface area contributed by atoms with Crippen LogP contribution in [0.25, 0.3) is 0 Å². The predicted octanol–water partition coefficient (Wildman–Crippen LogP) is 3.33. The van der Waals surface area contributed by atoms with E-state index in [2.05, 4.69) is 19.2 Å². The van der Waals surface area contributed by atoms with E-state index in [1.54, 1.807) is 13.1 Å². The first kappa shape index (κ1) is 17.7. The van der Waals surface area contributed by atoms with E-state index in [9.17, 15) is 14.9 Å². The Morgan fingerprint density at radius 3 is 2.48 bits per heavy atom. The Hall–Kier alpha value is -2.73. The first-order valence-electron chi connectivity index (χ1n) is 9.23. The second-order valence-corrected chi connectivity index (χ2v) is 7.80. The summed E-state index contributed by atoms with van der Waals surface area (Å²) in [7, 11) is 1.81. The lowest BCUT2D eigenvalue weighted by molar-refractivity contribution is -0.534. The highest BCUT2D eigenvalue weighted by Crippen LogP contribution is 2.51. The van der Waals surface area contributed by atoms with Crippen LogP contribution in [-0.4, -0.2) is 35.4 Å². The fraction of sp³-hybridized carbons (Fsp3) is 0.381. The molecule has 6 nitrogen and oxygen atoms in total. The van der Waals surface area contributed by atoms with Gasteiger partial charge in [-0.1, -0.05) is 56.3 Å². The molecule has 0 unspecified atom stereocenters. The smallest absolute Gasteiger partial charge is 0.256 e. The highest BCUT2D eigenvalue weighted by atomic mass is 16.6. The Labute approximate surface area is 158 Å². The molecule has 3 atom stereocenters. The Morgan fingerprint density at radius 1 is 1.19 bits per heavy atom. The SMILES string of the molecule is CC(C)c1ccc([C@@H]2CN(C)[C@@]3(C(=O)Nc4ccccc43)[C@@H]2[N+](=O)[O-])cc1. The molecule has 27 heavy (non-hydrogen) atoms. The zero-order valence-electron chi connectivity index (χ0n) is 15.7. The first-order valence-corrected chi connectivity index (χ1v) is 9.23. The third-order valence-electron chi connectivity index (χ3n) is 6.07. The Kier molecular flexibility index (Phi) is 4.03. The number of carbonyl (C=O) groups is 1. The van der Waals surface area contributed by atoms with Gasteiger partial charge in [0.15, 0.2) is 5.54 Å². The largest absolute Gasteiger partial charge is 0.324 e. The van der Waals surface area contributed by atoms with Crippen molar-refractivity contribution < 1.29 is 9.72 Å². The molecule has 0 bridgehead atoms. The molecule has 6 heteroatoms. The van der Waals surface area contributed by atoms with Crippen LogP contribution in [0.15, 0.2) is 48.5 Å². The molecule has 1 amide bonds. The van der Waals surface area contributed by atoms with Crippen molar-refractivity contribution in [2.24, 2.45) is 0 Å². The lowest BCUT2D eigenvalue weighted by Gasteiger charge is -2.30. The monoisotopic (exact) mass is 365 g/mol. The van der Waals surface area contributed by atoms with Crippen molar-refractivity contribution in [3.05, 3.63) is 75.3 Å². The van der Waals surface area contributed by atoms with Crippen molar-refractivity contribution in [3.63, 3.8) is 0 Å². The molecular weight excluding hydrogens is 342 g/mol. The van der Waals surface area contributed by atoms with Gasteiger partial charge in [-0.25, -0.2) is 0 Å². The van der Waals surface area contributed by atoms with Gasteiger partial charge in [0.05, 0.1) is 5.92 Å². The number of nitrogens with zero attached hydrogens (tertiary/aromatic N) is 2. The van der Waals surface area contributed by atoms with Crippen LogP contribution in [0, 0.1) is 10.1 Å². The van der Waals surface area contributed by atoms with Gasteiger partial charge in [-0.3, -0.25) is 19.8 Å². The lowest BCUT2D eigenvalue weighted by Crippen LogP contribution is -2.54. The molecule has 0 saturated carbocycles. The normalized spacial score (nSPS) is 27.2. The van der Waals surface area contributed by atoms with Crippen molar-refractivity contribution in [1.82, 2.24) is 4.90 Å². The Morgan fingerprint density at radius 2 is 1.85 bits per heavy atom. The van der Waals surface area contributed by atoms with Crippen molar-refractivity contribution in [1.29, 1.82) is 0 Å². The van der Waals surface area contributed by atoms with Crippen molar-refractivity contribution >= 4 is 11.6 Å². The maximum absolute atomic E-state index is 13.0. The van der Waals surface area contributed by atoms with Gasteiger partial charge in [-0.2, -0.15) is 0 Å². The van der Waals surface area contributed by atoms with Crippen LogP contribution < -0.4 is 5.32 Å². The Balaban J connectivity index is 1.84. The minimum atomic E-state index is -1.28. The van der Waals surface area contributed by atoms with E-state index in [-0.39, 0.29) is 16.7 Å². The molecule has 2 aliphatic heterocycles. The number of anilines is 1. The number of fused-ring (bicyclic) bond motifs is 2. The third-order valence-corrected chi connectivity index (χ3v) is 6.07. The molecule has 1 spiro atoms. The summed E-state index contributed by atoms with van der Waals surface area (Å²) in [6.45, 7) is 4.69. The van der Waals surface area contributed by atoms with Crippen LogP contribution in [0.1, 0.15) is 42.4 Å². The van der Waals surface area contributed by atoms with E-state index in [1.165, 1.54) is 5.56 Å². The van der Waals surface area contributed by atoms with Gasteiger partial charge in [0.1, 0.15) is 0 Å². The van der Waals surface area contributed by atoms with Crippen LogP contribution in [0.5, 0.6) is 0 Å². The molecule has 1 saturated heterocycles. The van der Waals surface area contributed by atoms with Crippen molar-refractivity contribution in [2.45, 2.75) is 37.3 Å². The van der Waals surface area contributed by atoms with E-state index in [1.807, 2.05) is 47.4 Å². The summed E-state index contributed by atoms with van der Waals surface area (Å²) in [5.74, 6) is -0.271. The molecule has 0 aliphatic carbocycles. The van der Waals surface area contributed by atoms with Crippen LogP contribution >= 0.6 is 0 Å². The van der Waals surface area contributed by atoms with Crippen LogP contribution in [0.3, 0.4) is 0 Å². The van der Waals surface area contributed by atoms with Gasteiger partial charge in [-0.05, 0) is 30.2 Å². The van der Waals surface area contributed by atoms with Crippen LogP contribution in [0.4, 0.5) is 5.69 Å². The van der Waals surface area contributed by atoms with E-state index < -0.39 is 11.6 Å². The van der Waals surface area contributed by atoms with E-state index >= 15 is 0 Å². The molecule has 140 valence electrons. The fourth-order valence-corrected chi connectivity index (χ4v) is 4.71. The van der Waals surface area contributed by atoms with E-state index in [4.69, 9.17) is 0 Å². The first-order chi connectivity index (χ1) is 12.9. The number of likely N-dealkylation sites (tertiary alicyclic amines) is 1. The summed E-state index contributed by atoms with van der Waals surface area (Å²) in [5, 5.41) is 15.1. The van der Waals surface area contributed by atoms with Gasteiger partial charge in [0, 0.05) is 22.7 Å². The number of rotatable bonds is 3. The highest BCUT2D eigenvalue weighted by Gasteiger charge is 2.68. The summed E-state index contributed by atoms with van der Waals surface area (Å²) in [6, 6.07) is 14.3. The maximum Gasteiger partial charge on any atom is 0.256 e. The molecule has 2 aromatic carbocycles. The van der Waals surface area contributed by atoms with Gasteiger partial charge < -0.3 is 5.32 Å². The number of para-hydroxylation sites is 1. The predicted molar refractivity (Wildman–Crippen MR) is 103 cm³/mol. The lowest BCUT2D eigenvalue weighted by atomic mass is 9.79. The molecule has 2 aromatic rings. The molecule has 1 fully saturated rings. The second kappa shape index (κ2) is 6.16. The number of nitrogens with one attached hydrogen (secondary N) is 1. The molecule has 1 N–H and O–H groups in total. The number of likely N-dealkylation sites (N-methyl/N-ethyl adjacent to an activating group) is 1. The molecule has 4 rings (SSSR count). The number of hydrogen-bond donors (Lipinski definition) is 1. The van der Waals surface area contributed by atoms with Gasteiger partial charge in [-0.15, -0.1) is 0 Å². The maximum atomic E-state index is 13.0. The molecule has 2 aliphatic rings. The topological polar surface area (TPSA) is 75.5 Å². The minimum Gasteiger partial charge on any atom is -0.324 e. The standard InChI is InChI=1S/C21H23N3O3/c1-13(2)14-8-10-15(11-9-14)16-12-23(3)21(19(16)24(26)27)17-6-4-5-7-18(17)22-20(21)25/h4-11,13,16,19H,12H2,1-3H3,(H,22,25)/t16-,19+,21+/m0/s1. The molecular formula is C21H23N3O3. The van der Waals surface area contributed by atoms with Gasteiger partial charge in [0.25, 0.3) is 11.9 Å². The number of hydrogen-bond acceptors (Lipinski definition) is 4. The number of carbonyl (C=O) groups excluding carboxylic acids is 1. The zero-order chi connectivity index (χ0) is 19.3. The molecule has 0 radical (unpaired) electrons. The summed E-state index contributed by atoms with van der Waals surface area (Å²) in [5.41, 5.74) is 2.18. The van der Waals surface area contributed by atoms with Crippen LogP contribution in [-0.2, 0) is 10.3 Å². The fourth-order valence-electron chi connectivity index (χ4n) is 4.71. The van der Waals surface area contributed by atoms with E-state index in [0.29, 0.717) is 23.7 Å². The molecule has 0 aromatic heterocycles. The van der Waals surface area contributed by atoms with Crippen LogP contribution in [0.2, 0.25) is 0 Å². The van der Waals surface area contributed by atoms with Gasteiger partial charge >= 0.3 is 0 Å². The highest BCUT2D eigenvalue weighted by molar-refractivity contribution is 6.06. The Bertz CT molecular complexity index is 909. The average Bonchev–Trinajstić information content (AvgIpc) is 3.11. The number of benzene rings is 2. The quantitative estimate of drug-likeness (QED) is 0.669. The summed E-state index contributed by atoms with van der Waals surface area (Å²) >= 11 is 0. The van der Waals surface area contributed by atoms with Crippen molar-refractivity contribution in [2.75, 3.05) is 18.9 Å². The molecule has 2 heterocycles. The summed E-state index contributed by atoms with van der Waals surface area (Å²) in [6.07, 6.45) is 0. The van der Waals surface area contributed by atoms with E-state index in [0.717, 1.165) is 5.56 Å². The van der Waals surface area contributed by atoms with Gasteiger partial charge in [0.2, 0.25) is 0 Å². The number of nitro groups is 1.